The van der Waals surface area contributed by atoms with Crippen LogP contribution in [0.2, 0.25) is 0 Å². The van der Waals surface area contributed by atoms with Crippen LogP contribution in [-0.2, 0) is 11.0 Å². The molecular weight excluding hydrogens is 283 g/mol. The summed E-state index contributed by atoms with van der Waals surface area (Å²) in [5.41, 5.74) is -0.229. The van der Waals surface area contributed by atoms with Crippen molar-refractivity contribution >= 4 is 12.0 Å². The van der Waals surface area contributed by atoms with E-state index in [1.165, 1.54) is 36.7 Å². The lowest BCUT2D eigenvalue weighted by Crippen LogP contribution is -2.07. The van der Waals surface area contributed by atoms with Gasteiger partial charge in [0, 0.05) is 18.5 Å². The molecule has 0 fully saturated rings. The lowest BCUT2D eigenvalue weighted by Gasteiger charge is -2.13. The maximum Gasteiger partial charge on any atom is 0.417 e. The fourth-order valence-corrected chi connectivity index (χ4v) is 1.85. The monoisotopic (exact) mass is 293 g/mol. The molecule has 1 heterocycles. The number of hydrogen-bond donors (Lipinski definition) is 1. The van der Waals surface area contributed by atoms with Crippen LogP contribution in [0, 0.1) is 0 Å². The van der Waals surface area contributed by atoms with E-state index < -0.39 is 17.7 Å². The van der Waals surface area contributed by atoms with E-state index in [1.807, 2.05) is 0 Å². The molecule has 0 spiro atoms. The van der Waals surface area contributed by atoms with Gasteiger partial charge in [-0.3, -0.25) is 4.98 Å². The minimum absolute atomic E-state index is 0.0253. The molecule has 108 valence electrons. The number of nitrogens with zero attached hydrogens (tertiary/aromatic N) is 1. The van der Waals surface area contributed by atoms with Crippen molar-refractivity contribution in [3.8, 4) is 11.1 Å². The fraction of sp³-hybridized carbons (Fsp3) is 0.0667. The number of pyridine rings is 1. The quantitative estimate of drug-likeness (QED) is 0.874. The number of carboxylic acids is 1. The second kappa shape index (κ2) is 5.78. The third-order valence-electron chi connectivity index (χ3n) is 2.76. The van der Waals surface area contributed by atoms with Gasteiger partial charge in [0.25, 0.3) is 0 Å². The summed E-state index contributed by atoms with van der Waals surface area (Å²) in [4.78, 5) is 14.2. The maximum atomic E-state index is 13.2. The zero-order valence-electron chi connectivity index (χ0n) is 10.6. The average Bonchev–Trinajstić information content (AvgIpc) is 2.45. The van der Waals surface area contributed by atoms with Gasteiger partial charge in [-0.05, 0) is 41.0 Å². The number of aromatic nitrogens is 1. The standard InChI is InChI=1S/C15H10F3NO2/c16-15(17,18)13-9-10(2-4-14(20)21)1-3-12(13)11-5-7-19-8-6-11/h1-9H,(H,20,21)/b4-2+. The fourth-order valence-electron chi connectivity index (χ4n) is 1.85. The van der Waals surface area contributed by atoms with Crippen molar-refractivity contribution in [1.82, 2.24) is 4.98 Å². The number of rotatable bonds is 3. The van der Waals surface area contributed by atoms with Crippen molar-refractivity contribution in [2.75, 3.05) is 0 Å². The van der Waals surface area contributed by atoms with Gasteiger partial charge in [0.2, 0.25) is 0 Å². The van der Waals surface area contributed by atoms with Gasteiger partial charge < -0.3 is 5.11 Å². The summed E-state index contributed by atoms with van der Waals surface area (Å²) in [6.07, 6.45) is 0.197. The molecule has 0 aliphatic rings. The summed E-state index contributed by atoms with van der Waals surface area (Å²) in [7, 11) is 0. The highest BCUT2D eigenvalue weighted by atomic mass is 19.4. The highest BCUT2D eigenvalue weighted by Gasteiger charge is 2.33. The van der Waals surface area contributed by atoms with Gasteiger partial charge >= 0.3 is 12.1 Å². The first kappa shape index (κ1) is 14.8. The van der Waals surface area contributed by atoms with Crippen LogP contribution in [-0.4, -0.2) is 16.1 Å². The molecular formula is C15H10F3NO2. The minimum Gasteiger partial charge on any atom is -0.478 e. The van der Waals surface area contributed by atoms with Gasteiger partial charge in [0.1, 0.15) is 0 Å². The normalized spacial score (nSPS) is 11.8. The molecule has 6 heteroatoms. The molecule has 0 aliphatic heterocycles. The predicted octanol–water partition coefficient (Wildman–Crippen LogP) is 3.87. The molecule has 0 radical (unpaired) electrons. The Balaban J connectivity index is 2.54. The summed E-state index contributed by atoms with van der Waals surface area (Å²) in [6.45, 7) is 0. The van der Waals surface area contributed by atoms with E-state index in [4.69, 9.17) is 5.11 Å². The summed E-state index contributed by atoms with van der Waals surface area (Å²) in [5, 5.41) is 8.52. The molecule has 0 unspecified atom stereocenters. The predicted molar refractivity (Wildman–Crippen MR) is 71.3 cm³/mol. The van der Waals surface area contributed by atoms with Crippen LogP contribution in [0.1, 0.15) is 11.1 Å². The molecule has 3 nitrogen and oxygen atoms in total. The smallest absolute Gasteiger partial charge is 0.417 e. The Morgan fingerprint density at radius 1 is 1.14 bits per heavy atom. The summed E-state index contributed by atoms with van der Waals surface area (Å²) >= 11 is 0. The molecule has 1 aromatic carbocycles. The Morgan fingerprint density at radius 3 is 2.38 bits per heavy atom. The SMILES string of the molecule is O=C(O)/C=C/c1ccc(-c2ccncc2)c(C(F)(F)F)c1. The molecule has 1 N–H and O–H groups in total. The first-order chi connectivity index (χ1) is 9.88. The molecule has 1 aromatic heterocycles. The Hall–Kier alpha value is -2.63. The van der Waals surface area contributed by atoms with E-state index in [-0.39, 0.29) is 11.1 Å². The van der Waals surface area contributed by atoms with E-state index in [9.17, 15) is 18.0 Å². The maximum absolute atomic E-state index is 13.2. The van der Waals surface area contributed by atoms with E-state index in [0.717, 1.165) is 18.2 Å². The molecule has 0 saturated heterocycles. The second-order valence-corrected chi connectivity index (χ2v) is 4.21. The van der Waals surface area contributed by atoms with E-state index in [1.54, 1.807) is 0 Å². The van der Waals surface area contributed by atoms with Crippen molar-refractivity contribution in [1.29, 1.82) is 0 Å². The molecule has 21 heavy (non-hydrogen) atoms. The van der Waals surface area contributed by atoms with Gasteiger partial charge in [-0.15, -0.1) is 0 Å². The highest BCUT2D eigenvalue weighted by Crippen LogP contribution is 2.37. The van der Waals surface area contributed by atoms with Crippen LogP contribution >= 0.6 is 0 Å². The Morgan fingerprint density at radius 2 is 1.81 bits per heavy atom. The molecule has 2 rings (SSSR count). The van der Waals surface area contributed by atoms with Crippen LogP contribution in [0.25, 0.3) is 17.2 Å². The van der Waals surface area contributed by atoms with Crippen LogP contribution in [0.15, 0.2) is 48.8 Å². The minimum atomic E-state index is -4.54. The third kappa shape index (κ3) is 3.68. The van der Waals surface area contributed by atoms with Crippen molar-refractivity contribution in [3.63, 3.8) is 0 Å². The van der Waals surface area contributed by atoms with E-state index >= 15 is 0 Å². The van der Waals surface area contributed by atoms with Gasteiger partial charge in [0.15, 0.2) is 0 Å². The average molecular weight is 293 g/mol. The molecule has 0 amide bonds. The number of carboxylic acid groups (broad SMARTS) is 1. The molecule has 2 aromatic rings. The Labute approximate surface area is 118 Å². The molecule has 0 atom stereocenters. The number of aliphatic carboxylic acids is 1. The van der Waals surface area contributed by atoms with Crippen LogP contribution < -0.4 is 0 Å². The highest BCUT2D eigenvalue weighted by molar-refractivity contribution is 5.85. The lowest BCUT2D eigenvalue weighted by molar-refractivity contribution is -0.137. The van der Waals surface area contributed by atoms with Crippen molar-refractivity contribution in [2.45, 2.75) is 6.18 Å². The first-order valence-corrected chi connectivity index (χ1v) is 5.90. The van der Waals surface area contributed by atoms with E-state index in [2.05, 4.69) is 4.98 Å². The van der Waals surface area contributed by atoms with Gasteiger partial charge in [-0.2, -0.15) is 13.2 Å². The zero-order valence-corrected chi connectivity index (χ0v) is 10.6. The Kier molecular flexibility index (Phi) is 4.07. The summed E-state index contributed by atoms with van der Waals surface area (Å²) < 4.78 is 39.5. The zero-order chi connectivity index (χ0) is 15.5. The summed E-state index contributed by atoms with van der Waals surface area (Å²) in [5.74, 6) is -1.22. The largest absolute Gasteiger partial charge is 0.478 e. The van der Waals surface area contributed by atoms with Crippen LogP contribution in [0.4, 0.5) is 13.2 Å². The topological polar surface area (TPSA) is 50.2 Å². The van der Waals surface area contributed by atoms with Gasteiger partial charge in [-0.1, -0.05) is 12.1 Å². The summed E-state index contributed by atoms with van der Waals surface area (Å²) in [6, 6.07) is 6.65. The lowest BCUT2D eigenvalue weighted by atomic mass is 9.97. The van der Waals surface area contributed by atoms with Crippen molar-refractivity contribution < 1.29 is 23.1 Å². The van der Waals surface area contributed by atoms with E-state index in [0.29, 0.717) is 5.56 Å². The molecule has 0 aliphatic carbocycles. The van der Waals surface area contributed by atoms with Gasteiger partial charge in [0.05, 0.1) is 5.56 Å². The van der Waals surface area contributed by atoms with Crippen LogP contribution in [0.5, 0.6) is 0 Å². The first-order valence-electron chi connectivity index (χ1n) is 5.90. The van der Waals surface area contributed by atoms with Gasteiger partial charge in [-0.25, -0.2) is 4.79 Å². The van der Waals surface area contributed by atoms with Crippen molar-refractivity contribution in [2.24, 2.45) is 0 Å². The Bertz CT molecular complexity index is 679. The number of hydrogen-bond acceptors (Lipinski definition) is 2. The third-order valence-corrected chi connectivity index (χ3v) is 2.76. The van der Waals surface area contributed by atoms with Crippen molar-refractivity contribution in [3.05, 3.63) is 59.9 Å². The number of carbonyl (C=O) groups is 1. The number of alkyl halides is 3. The van der Waals surface area contributed by atoms with Crippen LogP contribution in [0.3, 0.4) is 0 Å². The molecule has 0 bridgehead atoms. The molecule has 0 saturated carbocycles. The number of benzene rings is 1. The second-order valence-electron chi connectivity index (χ2n) is 4.21. The number of halogens is 3.